The van der Waals surface area contributed by atoms with E-state index < -0.39 is 11.6 Å². The largest absolute Gasteiger partial charge is 0.491 e. The van der Waals surface area contributed by atoms with Crippen LogP contribution < -0.4 is 10.5 Å². The summed E-state index contributed by atoms with van der Waals surface area (Å²) in [5.41, 5.74) is 6.61. The third-order valence-corrected chi connectivity index (χ3v) is 2.59. The SMILES string of the molecule is COc1c(F)ccc(Cn2cc(CN)cn2)c1F.Cl. The molecule has 0 aliphatic carbocycles. The van der Waals surface area contributed by atoms with Crippen LogP contribution in [0.1, 0.15) is 11.1 Å². The van der Waals surface area contributed by atoms with E-state index >= 15 is 0 Å². The Kier molecular flexibility index (Phi) is 5.26. The molecule has 0 radical (unpaired) electrons. The van der Waals surface area contributed by atoms with E-state index in [4.69, 9.17) is 5.73 Å². The maximum absolute atomic E-state index is 13.9. The number of halogens is 3. The molecule has 7 heteroatoms. The van der Waals surface area contributed by atoms with Gasteiger partial charge in [0.25, 0.3) is 0 Å². The number of rotatable bonds is 4. The van der Waals surface area contributed by atoms with Gasteiger partial charge in [-0.2, -0.15) is 5.10 Å². The summed E-state index contributed by atoms with van der Waals surface area (Å²) in [6.45, 7) is 0.567. The summed E-state index contributed by atoms with van der Waals surface area (Å²) < 4.78 is 33.3. The lowest BCUT2D eigenvalue weighted by atomic mass is 10.2. The highest BCUT2D eigenvalue weighted by atomic mass is 35.5. The molecule has 0 atom stereocenters. The van der Waals surface area contributed by atoms with Gasteiger partial charge in [0.15, 0.2) is 17.4 Å². The van der Waals surface area contributed by atoms with Crippen LogP contribution in [0.15, 0.2) is 24.5 Å². The number of hydrogen-bond acceptors (Lipinski definition) is 3. The molecule has 1 heterocycles. The van der Waals surface area contributed by atoms with Crippen molar-refractivity contribution in [3.8, 4) is 5.75 Å². The van der Waals surface area contributed by atoms with Crippen molar-refractivity contribution in [3.05, 3.63) is 47.3 Å². The van der Waals surface area contributed by atoms with Gasteiger partial charge in [-0.15, -0.1) is 12.4 Å². The van der Waals surface area contributed by atoms with Crippen LogP contribution in [-0.4, -0.2) is 16.9 Å². The van der Waals surface area contributed by atoms with Crippen LogP contribution in [0.2, 0.25) is 0 Å². The molecule has 0 saturated carbocycles. The number of ether oxygens (including phenoxy) is 1. The summed E-state index contributed by atoms with van der Waals surface area (Å²) >= 11 is 0. The molecule has 2 rings (SSSR count). The predicted molar refractivity (Wildman–Crippen MR) is 69.4 cm³/mol. The number of benzene rings is 1. The van der Waals surface area contributed by atoms with Crippen molar-refractivity contribution >= 4 is 12.4 Å². The predicted octanol–water partition coefficient (Wildman–Crippen LogP) is 2.10. The first-order valence-electron chi connectivity index (χ1n) is 5.38. The lowest BCUT2D eigenvalue weighted by Crippen LogP contribution is -2.05. The highest BCUT2D eigenvalue weighted by molar-refractivity contribution is 5.85. The number of nitrogens with zero attached hydrogens (tertiary/aromatic N) is 2. The Morgan fingerprint density at radius 1 is 1.37 bits per heavy atom. The van der Waals surface area contributed by atoms with Gasteiger partial charge in [-0.1, -0.05) is 6.07 Å². The van der Waals surface area contributed by atoms with Gasteiger partial charge in [0.2, 0.25) is 0 Å². The standard InChI is InChI=1S/C12H13F2N3O.ClH/c1-18-12-10(13)3-2-9(11(12)14)7-17-6-8(4-15)5-16-17;/h2-3,5-6H,4,7,15H2,1H3;1H. The third kappa shape index (κ3) is 3.21. The summed E-state index contributed by atoms with van der Waals surface area (Å²) in [6.07, 6.45) is 3.33. The van der Waals surface area contributed by atoms with Crippen molar-refractivity contribution in [2.75, 3.05) is 7.11 Å². The van der Waals surface area contributed by atoms with Gasteiger partial charge >= 0.3 is 0 Å². The zero-order valence-corrected chi connectivity index (χ0v) is 11.1. The zero-order valence-electron chi connectivity index (χ0n) is 10.3. The highest BCUT2D eigenvalue weighted by Gasteiger charge is 2.14. The summed E-state index contributed by atoms with van der Waals surface area (Å²) in [5, 5.41) is 4.04. The molecule has 4 nitrogen and oxygen atoms in total. The van der Waals surface area contributed by atoms with E-state index in [-0.39, 0.29) is 24.7 Å². The summed E-state index contributed by atoms with van der Waals surface area (Å²) in [5.74, 6) is -1.80. The maximum atomic E-state index is 13.9. The Morgan fingerprint density at radius 3 is 2.68 bits per heavy atom. The Morgan fingerprint density at radius 2 is 2.11 bits per heavy atom. The van der Waals surface area contributed by atoms with E-state index in [1.807, 2.05) is 0 Å². The lowest BCUT2D eigenvalue weighted by molar-refractivity contribution is 0.356. The normalized spacial score (nSPS) is 10.1. The van der Waals surface area contributed by atoms with Crippen LogP contribution >= 0.6 is 12.4 Å². The maximum Gasteiger partial charge on any atom is 0.190 e. The summed E-state index contributed by atoms with van der Waals surface area (Å²) in [6, 6.07) is 2.54. The van der Waals surface area contributed by atoms with Crippen LogP contribution in [0.4, 0.5) is 8.78 Å². The molecular formula is C12H14ClF2N3O. The quantitative estimate of drug-likeness (QED) is 0.938. The molecule has 0 aliphatic rings. The number of hydrogen-bond donors (Lipinski definition) is 1. The lowest BCUT2D eigenvalue weighted by Gasteiger charge is -2.08. The Labute approximate surface area is 115 Å². The molecule has 0 saturated heterocycles. The Hall–Kier alpha value is -1.66. The van der Waals surface area contributed by atoms with Crippen LogP contribution in [-0.2, 0) is 13.1 Å². The van der Waals surface area contributed by atoms with Crippen LogP contribution in [0.25, 0.3) is 0 Å². The summed E-state index contributed by atoms with van der Waals surface area (Å²) in [4.78, 5) is 0. The average Bonchev–Trinajstić information content (AvgIpc) is 2.81. The molecule has 0 unspecified atom stereocenters. The molecule has 2 N–H and O–H groups in total. The smallest absolute Gasteiger partial charge is 0.190 e. The topological polar surface area (TPSA) is 53.1 Å². The first kappa shape index (κ1) is 15.4. The second-order valence-electron chi connectivity index (χ2n) is 3.80. The van der Waals surface area contributed by atoms with Crippen molar-refractivity contribution < 1.29 is 13.5 Å². The van der Waals surface area contributed by atoms with Crippen molar-refractivity contribution in [1.82, 2.24) is 9.78 Å². The van der Waals surface area contributed by atoms with Gasteiger partial charge in [0.05, 0.1) is 19.9 Å². The molecule has 2 aromatic rings. The van der Waals surface area contributed by atoms with Crippen LogP contribution in [0.5, 0.6) is 5.75 Å². The summed E-state index contributed by atoms with van der Waals surface area (Å²) in [7, 11) is 1.23. The molecule has 0 spiro atoms. The fourth-order valence-electron chi connectivity index (χ4n) is 1.66. The third-order valence-electron chi connectivity index (χ3n) is 2.59. The minimum Gasteiger partial charge on any atom is -0.491 e. The van der Waals surface area contributed by atoms with Crippen LogP contribution in [0.3, 0.4) is 0 Å². The van der Waals surface area contributed by atoms with Gasteiger partial charge in [-0.3, -0.25) is 4.68 Å². The molecular weight excluding hydrogens is 276 g/mol. The first-order chi connectivity index (χ1) is 8.65. The van der Waals surface area contributed by atoms with E-state index in [0.29, 0.717) is 12.1 Å². The average molecular weight is 290 g/mol. The van der Waals surface area contributed by atoms with E-state index in [1.165, 1.54) is 23.9 Å². The van der Waals surface area contributed by atoms with Gasteiger partial charge in [-0.05, 0) is 6.07 Å². The van der Waals surface area contributed by atoms with Gasteiger partial charge in [0.1, 0.15) is 0 Å². The molecule has 0 fully saturated rings. The van der Waals surface area contributed by atoms with Crippen LogP contribution in [0, 0.1) is 11.6 Å². The van der Waals surface area contributed by atoms with E-state index in [2.05, 4.69) is 9.84 Å². The van der Waals surface area contributed by atoms with Crippen molar-refractivity contribution in [1.29, 1.82) is 0 Å². The number of aromatic nitrogens is 2. The minimum atomic E-state index is -0.720. The Bertz CT molecular complexity index is 560. The van der Waals surface area contributed by atoms with Crippen molar-refractivity contribution in [3.63, 3.8) is 0 Å². The first-order valence-corrected chi connectivity index (χ1v) is 5.38. The highest BCUT2D eigenvalue weighted by Crippen LogP contribution is 2.24. The molecule has 0 aliphatic heterocycles. The van der Waals surface area contributed by atoms with Crippen molar-refractivity contribution in [2.24, 2.45) is 5.73 Å². The molecule has 0 bridgehead atoms. The molecule has 19 heavy (non-hydrogen) atoms. The zero-order chi connectivity index (χ0) is 13.1. The van der Waals surface area contributed by atoms with Gasteiger partial charge < -0.3 is 10.5 Å². The number of methoxy groups -OCH3 is 1. The fraction of sp³-hybridized carbons (Fsp3) is 0.250. The second kappa shape index (κ2) is 6.49. The Balaban J connectivity index is 0.00000180. The van der Waals surface area contributed by atoms with E-state index in [1.54, 1.807) is 12.4 Å². The van der Waals surface area contributed by atoms with Gasteiger partial charge in [0, 0.05) is 23.9 Å². The number of nitrogens with two attached hydrogens (primary N) is 1. The molecule has 1 aromatic carbocycles. The van der Waals surface area contributed by atoms with Crippen molar-refractivity contribution in [2.45, 2.75) is 13.1 Å². The monoisotopic (exact) mass is 289 g/mol. The molecule has 0 amide bonds. The second-order valence-corrected chi connectivity index (χ2v) is 3.80. The minimum absolute atomic E-state index is 0. The fourth-order valence-corrected chi connectivity index (χ4v) is 1.66. The molecule has 104 valence electrons. The van der Waals surface area contributed by atoms with E-state index in [9.17, 15) is 8.78 Å². The molecule has 1 aromatic heterocycles. The van der Waals surface area contributed by atoms with E-state index in [0.717, 1.165) is 5.56 Å². The van der Waals surface area contributed by atoms with Gasteiger partial charge in [-0.25, -0.2) is 8.78 Å².